The Bertz CT molecular complexity index is 548. The maximum Gasteiger partial charge on any atom is 0.225 e. The Morgan fingerprint density at radius 3 is 2.83 bits per heavy atom. The first-order chi connectivity index (χ1) is 11.6. The van der Waals surface area contributed by atoms with E-state index < -0.39 is 0 Å². The molecule has 0 saturated carbocycles. The molecule has 0 spiro atoms. The largest absolute Gasteiger partial charge is 0.382 e. The summed E-state index contributed by atoms with van der Waals surface area (Å²) in [5.41, 5.74) is 1.12. The van der Waals surface area contributed by atoms with Gasteiger partial charge in [-0.3, -0.25) is 9.59 Å². The van der Waals surface area contributed by atoms with Crippen molar-refractivity contribution in [3.63, 3.8) is 0 Å². The predicted octanol–water partition coefficient (Wildman–Crippen LogP) is 2.27. The van der Waals surface area contributed by atoms with E-state index in [4.69, 9.17) is 16.3 Å². The number of carbonyl (C=O) groups is 2. The van der Waals surface area contributed by atoms with E-state index >= 15 is 0 Å². The minimum Gasteiger partial charge on any atom is -0.382 e. The zero-order chi connectivity index (χ0) is 17.4. The molecule has 1 fully saturated rings. The number of carbonyl (C=O) groups excluding carboxylic acids is 2. The molecule has 24 heavy (non-hydrogen) atoms. The third kappa shape index (κ3) is 5.80. The Balaban J connectivity index is 1.69. The minimum absolute atomic E-state index is 0.0374. The fourth-order valence-corrected chi connectivity index (χ4v) is 2.92. The number of halogens is 1. The first-order valence-electron chi connectivity index (χ1n) is 8.47. The van der Waals surface area contributed by atoms with E-state index in [1.54, 1.807) is 4.90 Å². The minimum atomic E-state index is -0.241. The van der Waals surface area contributed by atoms with E-state index in [1.165, 1.54) is 0 Å². The number of benzene rings is 1. The third-order valence-electron chi connectivity index (χ3n) is 4.13. The second-order valence-electron chi connectivity index (χ2n) is 5.96. The molecule has 5 nitrogen and oxygen atoms in total. The summed E-state index contributed by atoms with van der Waals surface area (Å²) in [7, 11) is 0. The first kappa shape index (κ1) is 18.7. The van der Waals surface area contributed by atoms with Crippen molar-refractivity contribution in [2.75, 3.05) is 32.8 Å². The number of rotatable bonds is 9. The van der Waals surface area contributed by atoms with Crippen molar-refractivity contribution in [2.24, 2.45) is 5.92 Å². The topological polar surface area (TPSA) is 58.6 Å². The number of nitrogens with one attached hydrogen (secondary N) is 1. The molecule has 132 valence electrons. The van der Waals surface area contributed by atoms with Crippen LogP contribution in [0.1, 0.15) is 25.3 Å². The molecule has 0 aromatic heterocycles. The summed E-state index contributed by atoms with van der Waals surface area (Å²) in [6.45, 7) is 5.02. The van der Waals surface area contributed by atoms with Crippen molar-refractivity contribution >= 4 is 23.4 Å². The van der Waals surface area contributed by atoms with Gasteiger partial charge in [-0.25, -0.2) is 0 Å². The molecular weight excluding hydrogens is 328 g/mol. The molecule has 1 aromatic rings. The van der Waals surface area contributed by atoms with Crippen molar-refractivity contribution in [3.8, 4) is 0 Å². The maximum atomic E-state index is 12.2. The quantitative estimate of drug-likeness (QED) is 0.694. The summed E-state index contributed by atoms with van der Waals surface area (Å²) in [5.74, 6) is -0.219. The van der Waals surface area contributed by atoms with Gasteiger partial charge in [-0.1, -0.05) is 23.7 Å². The van der Waals surface area contributed by atoms with Crippen molar-refractivity contribution < 1.29 is 14.3 Å². The zero-order valence-corrected chi connectivity index (χ0v) is 14.8. The Morgan fingerprint density at radius 1 is 1.38 bits per heavy atom. The molecule has 1 unspecified atom stereocenters. The van der Waals surface area contributed by atoms with Gasteiger partial charge in [0.2, 0.25) is 11.8 Å². The molecule has 1 aliphatic rings. The lowest BCUT2D eigenvalue weighted by molar-refractivity contribution is -0.129. The monoisotopic (exact) mass is 352 g/mol. The second-order valence-corrected chi connectivity index (χ2v) is 6.40. The molecule has 2 rings (SSSR count). The summed E-state index contributed by atoms with van der Waals surface area (Å²) in [4.78, 5) is 26.0. The van der Waals surface area contributed by atoms with E-state index in [0.29, 0.717) is 44.3 Å². The van der Waals surface area contributed by atoms with Gasteiger partial charge in [-0.2, -0.15) is 0 Å². The summed E-state index contributed by atoms with van der Waals surface area (Å²) in [6, 6.07) is 7.59. The zero-order valence-electron chi connectivity index (χ0n) is 14.1. The van der Waals surface area contributed by atoms with Gasteiger partial charge in [0.25, 0.3) is 0 Å². The second kappa shape index (κ2) is 9.64. The van der Waals surface area contributed by atoms with Crippen LogP contribution >= 0.6 is 11.6 Å². The average molecular weight is 353 g/mol. The predicted molar refractivity (Wildman–Crippen MR) is 94.0 cm³/mol. The third-order valence-corrected chi connectivity index (χ3v) is 4.38. The number of nitrogens with zero attached hydrogens (tertiary/aromatic N) is 1. The van der Waals surface area contributed by atoms with Gasteiger partial charge >= 0.3 is 0 Å². The molecule has 6 heteroatoms. The Hall–Kier alpha value is -1.59. The van der Waals surface area contributed by atoms with E-state index in [9.17, 15) is 9.59 Å². The Kier molecular flexibility index (Phi) is 7.53. The van der Waals surface area contributed by atoms with Gasteiger partial charge in [0, 0.05) is 44.3 Å². The lowest BCUT2D eigenvalue weighted by Gasteiger charge is -2.16. The van der Waals surface area contributed by atoms with Crippen LogP contribution < -0.4 is 5.32 Å². The number of hydrogen-bond acceptors (Lipinski definition) is 3. The van der Waals surface area contributed by atoms with Crippen LogP contribution in [-0.4, -0.2) is 49.6 Å². The van der Waals surface area contributed by atoms with Crippen LogP contribution in [0.2, 0.25) is 5.02 Å². The fraction of sp³-hybridized carbons (Fsp3) is 0.556. The SMILES string of the molecule is CCOCCCN1CC(C(=O)NCCc2ccc(Cl)cc2)CC1=O. The van der Waals surface area contributed by atoms with Crippen LogP contribution in [0.4, 0.5) is 0 Å². The van der Waals surface area contributed by atoms with Gasteiger partial charge in [0.05, 0.1) is 5.92 Å². The average Bonchev–Trinajstić information content (AvgIpc) is 2.94. The number of hydrogen-bond donors (Lipinski definition) is 1. The highest BCUT2D eigenvalue weighted by atomic mass is 35.5. The van der Waals surface area contributed by atoms with Gasteiger partial charge in [0.1, 0.15) is 0 Å². The summed E-state index contributed by atoms with van der Waals surface area (Å²) >= 11 is 5.85. The Morgan fingerprint density at radius 2 is 2.12 bits per heavy atom. The van der Waals surface area contributed by atoms with Gasteiger partial charge in [-0.15, -0.1) is 0 Å². The normalized spacial score (nSPS) is 17.3. The summed E-state index contributed by atoms with van der Waals surface area (Å²) in [5, 5.41) is 3.63. The van der Waals surface area contributed by atoms with Crippen molar-refractivity contribution in [3.05, 3.63) is 34.9 Å². The maximum absolute atomic E-state index is 12.2. The summed E-state index contributed by atoms with van der Waals surface area (Å²) < 4.78 is 5.28. The molecule has 1 aromatic carbocycles. The lowest BCUT2D eigenvalue weighted by Crippen LogP contribution is -2.34. The molecular formula is C18H25ClN2O3. The molecule has 2 amide bonds. The smallest absolute Gasteiger partial charge is 0.225 e. The van der Waals surface area contributed by atoms with Crippen LogP contribution in [0.25, 0.3) is 0 Å². The van der Waals surface area contributed by atoms with Crippen molar-refractivity contribution in [2.45, 2.75) is 26.2 Å². The Labute approximate surface area is 148 Å². The highest BCUT2D eigenvalue weighted by Crippen LogP contribution is 2.18. The van der Waals surface area contributed by atoms with E-state index in [0.717, 1.165) is 18.4 Å². The highest BCUT2D eigenvalue weighted by molar-refractivity contribution is 6.30. The van der Waals surface area contributed by atoms with E-state index in [2.05, 4.69) is 5.32 Å². The molecule has 1 N–H and O–H groups in total. The van der Waals surface area contributed by atoms with Crippen LogP contribution in [-0.2, 0) is 20.7 Å². The van der Waals surface area contributed by atoms with Crippen LogP contribution in [0.5, 0.6) is 0 Å². The van der Waals surface area contributed by atoms with Gasteiger partial charge in [-0.05, 0) is 37.5 Å². The van der Waals surface area contributed by atoms with Crippen molar-refractivity contribution in [1.29, 1.82) is 0 Å². The molecule has 0 aliphatic carbocycles. The van der Waals surface area contributed by atoms with E-state index in [-0.39, 0.29) is 17.7 Å². The molecule has 0 radical (unpaired) electrons. The van der Waals surface area contributed by atoms with Gasteiger partial charge < -0.3 is 15.0 Å². The molecule has 0 bridgehead atoms. The van der Waals surface area contributed by atoms with Crippen molar-refractivity contribution in [1.82, 2.24) is 10.2 Å². The van der Waals surface area contributed by atoms with E-state index in [1.807, 2.05) is 31.2 Å². The molecule has 1 aliphatic heterocycles. The van der Waals surface area contributed by atoms with Crippen LogP contribution in [0.15, 0.2) is 24.3 Å². The molecule has 1 heterocycles. The highest BCUT2D eigenvalue weighted by Gasteiger charge is 2.33. The van der Waals surface area contributed by atoms with Gasteiger partial charge in [0.15, 0.2) is 0 Å². The fourth-order valence-electron chi connectivity index (χ4n) is 2.79. The standard InChI is InChI=1S/C18H25ClN2O3/c1-2-24-11-3-10-21-13-15(12-17(21)22)18(23)20-9-8-14-4-6-16(19)7-5-14/h4-7,15H,2-3,8-13H2,1H3,(H,20,23). The number of likely N-dealkylation sites (tertiary alicyclic amines) is 1. The number of amides is 2. The van der Waals surface area contributed by atoms with Crippen LogP contribution in [0, 0.1) is 5.92 Å². The number of ether oxygens (including phenoxy) is 1. The molecule has 1 atom stereocenters. The lowest BCUT2D eigenvalue weighted by atomic mass is 10.1. The molecule has 1 saturated heterocycles. The first-order valence-corrected chi connectivity index (χ1v) is 8.85. The summed E-state index contributed by atoms with van der Waals surface area (Å²) in [6.07, 6.45) is 1.87. The van der Waals surface area contributed by atoms with Crippen LogP contribution in [0.3, 0.4) is 0 Å².